The number of halogens is 1. The van der Waals surface area contributed by atoms with E-state index in [2.05, 4.69) is 25.7 Å². The number of nitrogens with one attached hydrogen (secondary N) is 1. The standard InChI is InChI=1S/C18H18ClN7O5S4/c1-3-31-25-9(8-12(19)35-17(20)22-8)13(27)21-10-14(28)26-11(16(29)30)7(4-32-15(10)26)5-33-18-24-23-6(2)34-18/h10,15H,3-5H2,1-2H3,(H2,20,22)(H,21,27)(H,29,30)/b25-9-/t10?,15-/m1/s1. The number of hydrogen-bond acceptors (Lipinski definition) is 13. The second-order valence-corrected chi connectivity index (χ2v) is 12.2. The number of nitrogens with zero attached hydrogens (tertiary/aromatic N) is 5. The minimum Gasteiger partial charge on any atom is -0.477 e. The van der Waals surface area contributed by atoms with E-state index in [-0.39, 0.29) is 33.2 Å². The van der Waals surface area contributed by atoms with E-state index in [0.717, 1.165) is 20.7 Å². The molecule has 2 aliphatic heterocycles. The molecule has 2 aromatic heterocycles. The number of rotatable bonds is 9. The maximum Gasteiger partial charge on any atom is 0.352 e. The highest BCUT2D eigenvalue weighted by Gasteiger charge is 2.54. The van der Waals surface area contributed by atoms with Crippen LogP contribution >= 0.6 is 57.8 Å². The first kappa shape index (κ1) is 25.7. The molecule has 0 saturated carbocycles. The number of carbonyl (C=O) groups excluding carboxylic acids is 2. The van der Waals surface area contributed by atoms with E-state index in [1.54, 1.807) is 6.92 Å². The number of fused-ring (bicyclic) bond motifs is 1. The molecule has 0 radical (unpaired) electrons. The Balaban J connectivity index is 1.50. The van der Waals surface area contributed by atoms with Gasteiger partial charge in [-0.1, -0.05) is 51.2 Å². The number of hydrogen-bond donors (Lipinski definition) is 3. The van der Waals surface area contributed by atoms with Gasteiger partial charge in [-0.25, -0.2) is 9.78 Å². The lowest BCUT2D eigenvalue weighted by molar-refractivity contribution is -0.150. The zero-order chi connectivity index (χ0) is 25.3. The van der Waals surface area contributed by atoms with Crippen molar-refractivity contribution in [2.45, 2.75) is 29.6 Å². The van der Waals surface area contributed by atoms with E-state index in [1.165, 1.54) is 39.8 Å². The lowest BCUT2D eigenvalue weighted by Crippen LogP contribution is -2.71. The van der Waals surface area contributed by atoms with Crippen molar-refractivity contribution >= 4 is 86.4 Å². The number of anilines is 1. The summed E-state index contributed by atoms with van der Waals surface area (Å²) < 4.78 is 0.864. The van der Waals surface area contributed by atoms with Gasteiger partial charge in [-0.2, -0.15) is 0 Å². The number of oxime groups is 1. The molecule has 4 N–H and O–H groups in total. The van der Waals surface area contributed by atoms with Gasteiger partial charge in [0.25, 0.3) is 11.8 Å². The maximum atomic E-state index is 13.0. The number of amides is 2. The highest BCUT2D eigenvalue weighted by molar-refractivity contribution is 8.01. The van der Waals surface area contributed by atoms with Crippen LogP contribution in [0.25, 0.3) is 0 Å². The van der Waals surface area contributed by atoms with Crippen LogP contribution in [0, 0.1) is 6.92 Å². The number of carboxylic acid groups (broad SMARTS) is 1. The number of carboxylic acids is 1. The van der Waals surface area contributed by atoms with Crippen LogP contribution in [0.15, 0.2) is 20.8 Å². The molecule has 1 saturated heterocycles. The van der Waals surface area contributed by atoms with Gasteiger partial charge in [0.15, 0.2) is 15.2 Å². The predicted molar refractivity (Wildman–Crippen MR) is 135 cm³/mol. The third kappa shape index (κ3) is 5.25. The molecule has 0 aliphatic carbocycles. The van der Waals surface area contributed by atoms with Crippen LogP contribution in [0.3, 0.4) is 0 Å². The van der Waals surface area contributed by atoms with E-state index in [4.69, 9.17) is 22.2 Å². The van der Waals surface area contributed by atoms with E-state index in [9.17, 15) is 19.5 Å². The first-order valence-electron chi connectivity index (χ1n) is 9.97. The third-order valence-corrected chi connectivity index (χ3v) is 9.22. The van der Waals surface area contributed by atoms with E-state index in [1.807, 2.05) is 6.92 Å². The molecule has 2 aromatic rings. The van der Waals surface area contributed by atoms with Gasteiger partial charge < -0.3 is 21.0 Å². The maximum absolute atomic E-state index is 13.0. The molecule has 4 rings (SSSR count). The van der Waals surface area contributed by atoms with Crippen molar-refractivity contribution in [2.75, 3.05) is 23.8 Å². The normalized spacial score (nSPS) is 19.9. The SMILES string of the molecule is CCO/N=C(\C(=O)NC1C(=O)N2C(C(=O)O)=C(CSc3nnc(C)s3)CS[C@H]12)c1nc(N)sc1Cl. The minimum atomic E-state index is -1.21. The average molecular weight is 576 g/mol. The highest BCUT2D eigenvalue weighted by atomic mass is 35.5. The summed E-state index contributed by atoms with van der Waals surface area (Å²) in [7, 11) is 0. The second-order valence-electron chi connectivity index (χ2n) is 7.03. The van der Waals surface area contributed by atoms with E-state index >= 15 is 0 Å². The number of nitrogen functional groups attached to an aromatic ring is 1. The summed E-state index contributed by atoms with van der Waals surface area (Å²) >= 11 is 11.2. The molecule has 4 heterocycles. The van der Waals surface area contributed by atoms with Gasteiger partial charge in [0.05, 0.1) is 0 Å². The first-order chi connectivity index (χ1) is 16.7. The summed E-state index contributed by atoms with van der Waals surface area (Å²) in [6.07, 6.45) is 0. The van der Waals surface area contributed by atoms with Crippen LogP contribution in [0.1, 0.15) is 17.6 Å². The number of thioether (sulfide) groups is 2. The highest BCUT2D eigenvalue weighted by Crippen LogP contribution is 2.42. The molecule has 1 fully saturated rings. The summed E-state index contributed by atoms with van der Waals surface area (Å²) in [5, 5.41) is 24.6. The molecule has 0 spiro atoms. The summed E-state index contributed by atoms with van der Waals surface area (Å²) in [6.45, 7) is 3.70. The third-order valence-electron chi connectivity index (χ3n) is 4.74. The zero-order valence-corrected chi connectivity index (χ0v) is 22.2. The Kier molecular flexibility index (Phi) is 7.85. The van der Waals surface area contributed by atoms with Crippen molar-refractivity contribution in [1.82, 2.24) is 25.4 Å². The average Bonchev–Trinajstić information content (AvgIpc) is 3.39. The molecule has 17 heteroatoms. The molecular weight excluding hydrogens is 558 g/mol. The van der Waals surface area contributed by atoms with Crippen molar-refractivity contribution in [3.63, 3.8) is 0 Å². The van der Waals surface area contributed by atoms with Gasteiger partial charge in [0.1, 0.15) is 38.8 Å². The molecule has 2 amide bonds. The van der Waals surface area contributed by atoms with Crippen molar-refractivity contribution in [2.24, 2.45) is 5.16 Å². The van der Waals surface area contributed by atoms with Crippen LogP contribution in [0.2, 0.25) is 4.34 Å². The fourth-order valence-electron chi connectivity index (χ4n) is 3.27. The van der Waals surface area contributed by atoms with Crippen molar-refractivity contribution in [3.05, 3.63) is 26.3 Å². The van der Waals surface area contributed by atoms with Gasteiger partial charge in [0.2, 0.25) is 0 Å². The topological polar surface area (TPSA) is 173 Å². The summed E-state index contributed by atoms with van der Waals surface area (Å²) in [5.74, 6) is -1.76. The summed E-state index contributed by atoms with van der Waals surface area (Å²) in [6, 6.07) is -0.955. The molecule has 35 heavy (non-hydrogen) atoms. The monoisotopic (exact) mass is 575 g/mol. The fraction of sp³-hybridized carbons (Fsp3) is 0.389. The minimum absolute atomic E-state index is 0.0392. The van der Waals surface area contributed by atoms with Crippen LogP contribution < -0.4 is 11.1 Å². The number of thiazole rings is 1. The molecule has 2 aliphatic rings. The molecule has 12 nitrogen and oxygen atoms in total. The first-order valence-corrected chi connectivity index (χ1v) is 14.0. The smallest absolute Gasteiger partial charge is 0.352 e. The van der Waals surface area contributed by atoms with Crippen molar-refractivity contribution in [1.29, 1.82) is 0 Å². The molecule has 2 atom stereocenters. The van der Waals surface area contributed by atoms with Crippen LogP contribution in [0.5, 0.6) is 0 Å². The Morgan fingerprint density at radius 3 is 2.77 bits per heavy atom. The number of β-lactam (4-membered cyclic amide) rings is 1. The largest absolute Gasteiger partial charge is 0.477 e. The van der Waals surface area contributed by atoms with Gasteiger partial charge >= 0.3 is 5.97 Å². The van der Waals surface area contributed by atoms with Crippen molar-refractivity contribution < 1.29 is 24.3 Å². The van der Waals surface area contributed by atoms with Gasteiger partial charge in [-0.15, -0.1) is 22.0 Å². The number of carbonyl (C=O) groups is 3. The zero-order valence-electron chi connectivity index (χ0n) is 18.2. The Morgan fingerprint density at radius 1 is 1.40 bits per heavy atom. The number of aliphatic carboxylic acids is 1. The summed E-state index contributed by atoms with van der Waals surface area (Å²) in [5.41, 5.74) is 6.01. The van der Waals surface area contributed by atoms with Crippen LogP contribution in [0.4, 0.5) is 5.13 Å². The number of nitrogens with two attached hydrogens (primary N) is 1. The van der Waals surface area contributed by atoms with Crippen LogP contribution in [-0.4, -0.2) is 78.2 Å². The second kappa shape index (κ2) is 10.7. The Morgan fingerprint density at radius 2 is 2.17 bits per heavy atom. The van der Waals surface area contributed by atoms with Gasteiger partial charge in [-0.05, 0) is 19.4 Å². The fourth-order valence-corrected chi connectivity index (χ4v) is 7.50. The Hall–Kier alpha value is -2.40. The Labute approximate surface area is 220 Å². The Bertz CT molecular complexity index is 1250. The van der Waals surface area contributed by atoms with Crippen molar-refractivity contribution in [3.8, 4) is 0 Å². The molecular formula is C18H18ClN7O5S4. The quantitative estimate of drug-likeness (QED) is 0.172. The number of aryl methyl sites for hydroxylation is 1. The predicted octanol–water partition coefficient (Wildman–Crippen LogP) is 1.81. The summed E-state index contributed by atoms with van der Waals surface area (Å²) in [4.78, 5) is 48.2. The lowest BCUT2D eigenvalue weighted by atomic mass is 10.0. The molecule has 0 bridgehead atoms. The number of aromatic nitrogens is 3. The van der Waals surface area contributed by atoms with E-state index in [0.29, 0.717) is 17.1 Å². The van der Waals surface area contributed by atoms with Gasteiger partial charge in [-0.3, -0.25) is 14.5 Å². The molecule has 0 aromatic carbocycles. The molecule has 186 valence electrons. The lowest BCUT2D eigenvalue weighted by Gasteiger charge is -2.49. The molecule has 1 unspecified atom stereocenters. The van der Waals surface area contributed by atoms with E-state index < -0.39 is 29.2 Å². The van der Waals surface area contributed by atoms with Gasteiger partial charge in [0, 0.05) is 11.5 Å². The van der Waals surface area contributed by atoms with Crippen LogP contribution in [-0.2, 0) is 19.2 Å².